The van der Waals surface area contributed by atoms with Crippen molar-refractivity contribution >= 4 is 44.2 Å². The third kappa shape index (κ3) is 5.90. The fourth-order valence-corrected chi connectivity index (χ4v) is 4.93. The number of carbonyl (C=O) groups is 2. The third-order valence-electron chi connectivity index (χ3n) is 5.86. The maximum absolute atomic E-state index is 12.9. The molecule has 1 aliphatic heterocycles. The summed E-state index contributed by atoms with van der Waals surface area (Å²) in [5.41, 5.74) is 3.25. The molecule has 1 aliphatic rings. The van der Waals surface area contributed by atoms with Crippen molar-refractivity contribution in [2.45, 2.75) is 13.0 Å². The minimum Gasteiger partial charge on any atom is -0.494 e. The summed E-state index contributed by atoms with van der Waals surface area (Å²) in [6.45, 7) is 3.84. The highest BCUT2D eigenvalue weighted by Gasteiger charge is 2.20. The summed E-state index contributed by atoms with van der Waals surface area (Å²) in [5.74, 6) is 0.436. The van der Waals surface area contributed by atoms with E-state index >= 15 is 0 Å². The molecule has 3 aromatic rings. The highest BCUT2D eigenvalue weighted by Crippen LogP contribution is 2.39. The molecule has 0 spiro atoms. The number of carbonyl (C=O) groups excluding carboxylic acids is 2. The van der Waals surface area contributed by atoms with Gasteiger partial charge in [0, 0.05) is 39.4 Å². The Bertz CT molecular complexity index is 1170. The zero-order valence-electron chi connectivity index (χ0n) is 20.2. The topological polar surface area (TPSA) is 93.2 Å². The van der Waals surface area contributed by atoms with Gasteiger partial charge in [0.15, 0.2) is 5.13 Å². The SMILES string of the molecule is COCCC(=O)N(C)Cc1ccc(C(=O)Nc2nc3c(OC)ccc(N4CCOCC4)c3s2)cc1. The molecule has 1 N–H and O–H groups in total. The number of hydrogen-bond acceptors (Lipinski definition) is 8. The lowest BCUT2D eigenvalue weighted by Crippen LogP contribution is -2.36. The van der Waals surface area contributed by atoms with Crippen LogP contribution in [-0.2, 0) is 20.8 Å². The van der Waals surface area contributed by atoms with E-state index in [1.807, 2.05) is 24.3 Å². The number of nitrogens with zero attached hydrogens (tertiary/aromatic N) is 3. The number of ether oxygens (including phenoxy) is 3. The van der Waals surface area contributed by atoms with Gasteiger partial charge in [0.2, 0.25) is 5.91 Å². The molecular weight excluding hydrogens is 468 g/mol. The van der Waals surface area contributed by atoms with Gasteiger partial charge >= 0.3 is 0 Å². The van der Waals surface area contributed by atoms with Crippen LogP contribution in [-0.4, -0.2) is 75.9 Å². The molecule has 0 atom stereocenters. The first-order valence-electron chi connectivity index (χ1n) is 11.4. The van der Waals surface area contributed by atoms with Crippen LogP contribution in [0.15, 0.2) is 36.4 Å². The lowest BCUT2D eigenvalue weighted by molar-refractivity contribution is -0.131. The second kappa shape index (κ2) is 11.5. The van der Waals surface area contributed by atoms with E-state index in [2.05, 4.69) is 15.2 Å². The Morgan fingerprint density at radius 2 is 1.89 bits per heavy atom. The van der Waals surface area contributed by atoms with Crippen molar-refractivity contribution in [3.8, 4) is 5.75 Å². The maximum Gasteiger partial charge on any atom is 0.257 e. The Hall–Kier alpha value is -3.21. The van der Waals surface area contributed by atoms with E-state index in [-0.39, 0.29) is 11.8 Å². The summed E-state index contributed by atoms with van der Waals surface area (Å²) in [7, 11) is 4.95. The minimum atomic E-state index is -0.243. The molecule has 2 amide bonds. The highest BCUT2D eigenvalue weighted by molar-refractivity contribution is 7.23. The van der Waals surface area contributed by atoms with Gasteiger partial charge in [-0.15, -0.1) is 0 Å². The van der Waals surface area contributed by atoms with Crippen LogP contribution in [0.5, 0.6) is 5.75 Å². The molecule has 1 fully saturated rings. The van der Waals surface area contributed by atoms with Crippen molar-refractivity contribution in [1.82, 2.24) is 9.88 Å². The fraction of sp³-hybridized carbons (Fsp3) is 0.400. The van der Waals surface area contributed by atoms with Crippen LogP contribution in [0, 0.1) is 0 Å². The smallest absolute Gasteiger partial charge is 0.257 e. The normalized spacial score (nSPS) is 13.6. The van der Waals surface area contributed by atoms with E-state index in [4.69, 9.17) is 14.2 Å². The van der Waals surface area contributed by atoms with Crippen LogP contribution in [0.25, 0.3) is 10.2 Å². The Balaban J connectivity index is 1.47. The lowest BCUT2D eigenvalue weighted by Gasteiger charge is -2.29. The van der Waals surface area contributed by atoms with E-state index in [0.29, 0.717) is 49.2 Å². The molecule has 10 heteroatoms. The standard InChI is InChI=1S/C25H30N4O5S/c1-28(21(30)10-13-32-2)16-17-4-6-18(7-5-17)24(31)27-25-26-22-20(33-3)9-8-19(23(22)35-25)29-11-14-34-15-12-29/h4-9H,10-16H2,1-3H3,(H,26,27,31). The summed E-state index contributed by atoms with van der Waals surface area (Å²) in [4.78, 5) is 33.6. The number of amides is 2. The summed E-state index contributed by atoms with van der Waals surface area (Å²) in [6, 6.07) is 11.2. The predicted molar refractivity (Wildman–Crippen MR) is 137 cm³/mol. The third-order valence-corrected chi connectivity index (χ3v) is 6.85. The van der Waals surface area contributed by atoms with Gasteiger partial charge in [-0.05, 0) is 29.8 Å². The van der Waals surface area contributed by atoms with Gasteiger partial charge in [-0.1, -0.05) is 23.5 Å². The molecule has 0 unspecified atom stereocenters. The monoisotopic (exact) mass is 498 g/mol. The number of fused-ring (bicyclic) bond motifs is 1. The van der Waals surface area contributed by atoms with Crippen LogP contribution >= 0.6 is 11.3 Å². The molecule has 0 bridgehead atoms. The van der Waals surface area contributed by atoms with Crippen LogP contribution < -0.4 is 15.0 Å². The molecule has 4 rings (SSSR count). The number of nitrogens with one attached hydrogen (secondary N) is 1. The van der Waals surface area contributed by atoms with Gasteiger partial charge in [-0.2, -0.15) is 0 Å². The molecule has 0 saturated carbocycles. The van der Waals surface area contributed by atoms with E-state index in [0.717, 1.165) is 34.6 Å². The predicted octanol–water partition coefficient (Wildman–Crippen LogP) is 3.39. The van der Waals surface area contributed by atoms with Gasteiger partial charge < -0.3 is 24.0 Å². The minimum absolute atomic E-state index is 0.0105. The fourth-order valence-electron chi connectivity index (χ4n) is 3.91. The van der Waals surface area contributed by atoms with Gasteiger partial charge in [0.1, 0.15) is 11.3 Å². The lowest BCUT2D eigenvalue weighted by atomic mass is 10.1. The molecule has 2 aromatic carbocycles. The Morgan fingerprint density at radius 1 is 1.14 bits per heavy atom. The van der Waals surface area contributed by atoms with Gasteiger partial charge in [0.05, 0.1) is 43.7 Å². The Kier molecular flexibility index (Phi) is 8.17. The van der Waals surface area contributed by atoms with Crippen LogP contribution in [0.2, 0.25) is 0 Å². The molecule has 1 aromatic heterocycles. The van der Waals surface area contributed by atoms with E-state index in [1.165, 1.54) is 11.3 Å². The molecule has 1 saturated heterocycles. The summed E-state index contributed by atoms with van der Waals surface area (Å²) in [5, 5.41) is 3.43. The molecule has 186 valence electrons. The highest BCUT2D eigenvalue weighted by atomic mass is 32.1. The number of hydrogen-bond donors (Lipinski definition) is 1. The molecule has 35 heavy (non-hydrogen) atoms. The first-order valence-corrected chi connectivity index (χ1v) is 12.2. The van der Waals surface area contributed by atoms with E-state index < -0.39 is 0 Å². The second-order valence-electron chi connectivity index (χ2n) is 8.23. The number of aromatic nitrogens is 1. The number of morpholine rings is 1. The van der Waals surface area contributed by atoms with Crippen LogP contribution in [0.3, 0.4) is 0 Å². The van der Waals surface area contributed by atoms with Crippen LogP contribution in [0.4, 0.5) is 10.8 Å². The molecular formula is C25H30N4O5S. The van der Waals surface area contributed by atoms with Crippen molar-refractivity contribution in [1.29, 1.82) is 0 Å². The van der Waals surface area contributed by atoms with Crippen molar-refractivity contribution in [3.63, 3.8) is 0 Å². The maximum atomic E-state index is 12.9. The van der Waals surface area contributed by atoms with E-state index in [1.54, 1.807) is 38.3 Å². The first-order chi connectivity index (χ1) is 17.0. The van der Waals surface area contributed by atoms with Crippen molar-refractivity contribution in [2.24, 2.45) is 0 Å². The number of thiazole rings is 1. The summed E-state index contributed by atoms with van der Waals surface area (Å²) < 4.78 is 16.9. The van der Waals surface area contributed by atoms with Crippen molar-refractivity contribution < 1.29 is 23.8 Å². The van der Waals surface area contributed by atoms with Gasteiger partial charge in [0.25, 0.3) is 5.91 Å². The quantitative estimate of drug-likeness (QED) is 0.483. The number of rotatable bonds is 9. The average Bonchev–Trinajstić information content (AvgIpc) is 3.31. The molecule has 0 aliphatic carbocycles. The van der Waals surface area contributed by atoms with Crippen molar-refractivity contribution in [3.05, 3.63) is 47.5 Å². The number of anilines is 2. The molecule has 2 heterocycles. The summed E-state index contributed by atoms with van der Waals surface area (Å²) in [6.07, 6.45) is 0.341. The van der Waals surface area contributed by atoms with E-state index in [9.17, 15) is 9.59 Å². The first kappa shape index (κ1) is 24.9. The van der Waals surface area contributed by atoms with Crippen molar-refractivity contribution in [2.75, 3.05) is 64.4 Å². The zero-order chi connectivity index (χ0) is 24.8. The number of methoxy groups -OCH3 is 2. The Labute approximate surface area is 208 Å². The molecule has 9 nitrogen and oxygen atoms in total. The number of benzene rings is 2. The largest absolute Gasteiger partial charge is 0.494 e. The van der Waals surface area contributed by atoms with Gasteiger partial charge in [-0.25, -0.2) is 4.98 Å². The second-order valence-corrected chi connectivity index (χ2v) is 9.23. The zero-order valence-corrected chi connectivity index (χ0v) is 21.0. The Morgan fingerprint density at radius 3 is 2.57 bits per heavy atom. The van der Waals surface area contributed by atoms with Gasteiger partial charge in [-0.3, -0.25) is 14.9 Å². The average molecular weight is 499 g/mol. The molecule has 0 radical (unpaired) electrons. The summed E-state index contributed by atoms with van der Waals surface area (Å²) >= 11 is 1.43. The van der Waals surface area contributed by atoms with Crippen LogP contribution in [0.1, 0.15) is 22.3 Å².